The summed E-state index contributed by atoms with van der Waals surface area (Å²) in [7, 11) is 0. The van der Waals surface area contributed by atoms with Gasteiger partial charge < -0.3 is 5.11 Å². The maximum atomic E-state index is 12.1. The van der Waals surface area contributed by atoms with Gasteiger partial charge in [0.25, 0.3) is 11.8 Å². The van der Waals surface area contributed by atoms with Crippen LogP contribution < -0.4 is 0 Å². The van der Waals surface area contributed by atoms with E-state index in [9.17, 15) is 14.4 Å². The molecular formula is C13H12ClNO4. The van der Waals surface area contributed by atoms with Crippen molar-refractivity contribution >= 4 is 29.4 Å². The zero-order chi connectivity index (χ0) is 14.2. The molecule has 0 aromatic heterocycles. The lowest BCUT2D eigenvalue weighted by Crippen LogP contribution is -2.32. The van der Waals surface area contributed by atoms with Crippen LogP contribution in [0.3, 0.4) is 0 Å². The van der Waals surface area contributed by atoms with E-state index in [0.29, 0.717) is 0 Å². The lowest BCUT2D eigenvalue weighted by atomic mass is 10.1. The Labute approximate surface area is 114 Å². The second-order valence-electron chi connectivity index (χ2n) is 4.45. The summed E-state index contributed by atoms with van der Waals surface area (Å²) >= 11 is 5.91. The van der Waals surface area contributed by atoms with Crippen LogP contribution in [-0.4, -0.2) is 34.3 Å². The molecule has 2 amide bonds. The highest BCUT2D eigenvalue weighted by Gasteiger charge is 2.37. The Balaban J connectivity index is 2.19. The van der Waals surface area contributed by atoms with E-state index in [-0.39, 0.29) is 29.1 Å². The summed E-state index contributed by atoms with van der Waals surface area (Å²) in [5, 5.41) is 9.04. The number of amides is 2. The Morgan fingerprint density at radius 2 is 2.05 bits per heavy atom. The van der Waals surface area contributed by atoms with Crippen LogP contribution in [0.1, 0.15) is 34.1 Å². The first-order valence-corrected chi connectivity index (χ1v) is 6.18. The average Bonchev–Trinajstić information content (AvgIpc) is 2.60. The van der Waals surface area contributed by atoms with E-state index in [0.717, 1.165) is 4.90 Å². The number of benzene rings is 1. The van der Waals surface area contributed by atoms with Crippen molar-refractivity contribution in [2.24, 2.45) is 5.92 Å². The van der Waals surface area contributed by atoms with Crippen molar-refractivity contribution < 1.29 is 19.5 Å². The van der Waals surface area contributed by atoms with Gasteiger partial charge in [-0.05, 0) is 18.6 Å². The Hall–Kier alpha value is -1.88. The smallest absolute Gasteiger partial charge is 0.306 e. The van der Waals surface area contributed by atoms with Gasteiger partial charge in [0.2, 0.25) is 0 Å². The molecule has 0 aliphatic carbocycles. The number of carboxylic acids is 1. The van der Waals surface area contributed by atoms with Crippen molar-refractivity contribution in [2.75, 3.05) is 6.54 Å². The van der Waals surface area contributed by atoms with Crippen molar-refractivity contribution in [1.29, 1.82) is 0 Å². The number of hydrogen-bond acceptors (Lipinski definition) is 3. The van der Waals surface area contributed by atoms with Gasteiger partial charge in [-0.25, -0.2) is 0 Å². The summed E-state index contributed by atoms with van der Waals surface area (Å²) in [6, 6.07) is 4.70. The summed E-state index contributed by atoms with van der Waals surface area (Å²) in [5.41, 5.74) is 0.484. The maximum absolute atomic E-state index is 12.1. The quantitative estimate of drug-likeness (QED) is 0.857. The Kier molecular flexibility index (Phi) is 3.57. The highest BCUT2D eigenvalue weighted by molar-refractivity contribution is 6.37. The molecule has 0 bridgehead atoms. The molecule has 0 spiro atoms. The lowest BCUT2D eigenvalue weighted by molar-refractivity contribution is -0.141. The highest BCUT2D eigenvalue weighted by Crippen LogP contribution is 2.29. The van der Waals surface area contributed by atoms with Gasteiger partial charge in [-0.2, -0.15) is 0 Å². The van der Waals surface area contributed by atoms with E-state index in [2.05, 4.69) is 0 Å². The molecule has 1 aromatic carbocycles. The molecule has 19 heavy (non-hydrogen) atoms. The number of carbonyl (C=O) groups is 3. The van der Waals surface area contributed by atoms with Crippen molar-refractivity contribution in [3.63, 3.8) is 0 Å². The van der Waals surface area contributed by atoms with Gasteiger partial charge in [0.1, 0.15) is 0 Å². The van der Waals surface area contributed by atoms with Crippen LogP contribution >= 0.6 is 11.6 Å². The fourth-order valence-electron chi connectivity index (χ4n) is 1.94. The molecule has 0 fully saturated rings. The molecule has 100 valence electrons. The maximum Gasteiger partial charge on any atom is 0.306 e. The summed E-state index contributed by atoms with van der Waals surface area (Å²) < 4.78 is 0. The first kappa shape index (κ1) is 13.5. The van der Waals surface area contributed by atoms with E-state index in [1.807, 2.05) is 0 Å². The first-order chi connectivity index (χ1) is 8.93. The van der Waals surface area contributed by atoms with Crippen LogP contribution in [0.5, 0.6) is 0 Å². The fraction of sp³-hybridized carbons (Fsp3) is 0.308. The number of imide groups is 1. The van der Waals surface area contributed by atoms with Crippen LogP contribution in [-0.2, 0) is 4.79 Å². The molecule has 6 heteroatoms. The van der Waals surface area contributed by atoms with Crippen LogP contribution in [0.25, 0.3) is 0 Å². The molecule has 1 aliphatic heterocycles. The number of nitrogens with zero attached hydrogens (tertiary/aromatic N) is 1. The summed E-state index contributed by atoms with van der Waals surface area (Å²) in [6.07, 6.45) is 0.221. The summed E-state index contributed by atoms with van der Waals surface area (Å²) in [4.78, 5) is 35.9. The Morgan fingerprint density at radius 3 is 2.63 bits per heavy atom. The van der Waals surface area contributed by atoms with Crippen molar-refractivity contribution in [1.82, 2.24) is 4.90 Å². The molecule has 2 rings (SSSR count). The van der Waals surface area contributed by atoms with Gasteiger partial charge in [0.05, 0.1) is 22.1 Å². The predicted octanol–water partition coefficient (Wildman–Crippen LogP) is 2.05. The van der Waals surface area contributed by atoms with Crippen LogP contribution in [0.2, 0.25) is 5.02 Å². The number of hydrogen-bond donors (Lipinski definition) is 1. The minimum atomic E-state index is -0.949. The van der Waals surface area contributed by atoms with E-state index in [1.54, 1.807) is 18.2 Å². The Morgan fingerprint density at radius 1 is 1.37 bits per heavy atom. The topological polar surface area (TPSA) is 74.7 Å². The monoisotopic (exact) mass is 281 g/mol. The van der Waals surface area contributed by atoms with Crippen molar-refractivity contribution in [2.45, 2.75) is 13.3 Å². The zero-order valence-electron chi connectivity index (χ0n) is 10.2. The van der Waals surface area contributed by atoms with Gasteiger partial charge >= 0.3 is 5.97 Å². The van der Waals surface area contributed by atoms with Crippen LogP contribution in [0.4, 0.5) is 0 Å². The molecule has 1 heterocycles. The molecule has 0 saturated heterocycles. The van der Waals surface area contributed by atoms with Gasteiger partial charge in [-0.15, -0.1) is 0 Å². The number of halogens is 1. The molecule has 0 radical (unpaired) electrons. The standard InChI is InChI=1S/C13H12ClNO4/c1-7(13(18)19)5-6-15-11(16)8-3-2-4-9(14)10(8)12(15)17/h2-4,7H,5-6H2,1H3,(H,18,19). The Bertz CT molecular complexity index is 570. The fourth-order valence-corrected chi connectivity index (χ4v) is 2.20. The second-order valence-corrected chi connectivity index (χ2v) is 4.86. The van der Waals surface area contributed by atoms with Crippen LogP contribution in [0, 0.1) is 5.92 Å². The molecule has 1 atom stereocenters. The van der Waals surface area contributed by atoms with Gasteiger partial charge in [-0.1, -0.05) is 24.6 Å². The normalized spacial score (nSPS) is 15.6. The second kappa shape index (κ2) is 5.01. The summed E-state index contributed by atoms with van der Waals surface area (Å²) in [6.45, 7) is 1.61. The SMILES string of the molecule is CC(CCN1C(=O)c2cccc(Cl)c2C1=O)C(=O)O. The van der Waals surface area contributed by atoms with Crippen molar-refractivity contribution in [3.05, 3.63) is 34.3 Å². The van der Waals surface area contributed by atoms with Crippen molar-refractivity contribution in [3.8, 4) is 0 Å². The van der Waals surface area contributed by atoms with E-state index < -0.39 is 23.7 Å². The largest absolute Gasteiger partial charge is 0.481 e. The number of fused-ring (bicyclic) bond motifs is 1. The molecule has 5 nitrogen and oxygen atoms in total. The van der Waals surface area contributed by atoms with E-state index in [1.165, 1.54) is 6.92 Å². The molecule has 1 unspecified atom stereocenters. The average molecular weight is 282 g/mol. The van der Waals surface area contributed by atoms with E-state index in [4.69, 9.17) is 16.7 Å². The third kappa shape index (κ3) is 2.33. The molecule has 1 N–H and O–H groups in total. The molecule has 1 aromatic rings. The third-order valence-electron chi connectivity index (χ3n) is 3.16. The zero-order valence-corrected chi connectivity index (χ0v) is 11.0. The number of rotatable bonds is 4. The minimum absolute atomic E-state index is 0.0795. The summed E-state index contributed by atoms with van der Waals surface area (Å²) in [5.74, 6) is -2.43. The molecule has 0 saturated carbocycles. The number of aliphatic carboxylic acids is 1. The molecule has 1 aliphatic rings. The minimum Gasteiger partial charge on any atom is -0.481 e. The molecular weight excluding hydrogens is 270 g/mol. The third-order valence-corrected chi connectivity index (χ3v) is 3.47. The predicted molar refractivity (Wildman–Crippen MR) is 68.2 cm³/mol. The first-order valence-electron chi connectivity index (χ1n) is 5.81. The van der Waals surface area contributed by atoms with Gasteiger partial charge in [0.15, 0.2) is 0 Å². The van der Waals surface area contributed by atoms with Crippen LogP contribution in [0.15, 0.2) is 18.2 Å². The van der Waals surface area contributed by atoms with E-state index >= 15 is 0 Å². The highest BCUT2D eigenvalue weighted by atomic mass is 35.5. The lowest BCUT2D eigenvalue weighted by Gasteiger charge is -2.15. The van der Waals surface area contributed by atoms with Gasteiger partial charge in [0, 0.05) is 6.54 Å². The number of carboxylic acid groups (broad SMARTS) is 1. The van der Waals surface area contributed by atoms with Gasteiger partial charge in [-0.3, -0.25) is 19.3 Å². The number of carbonyl (C=O) groups excluding carboxylic acids is 2.